The summed E-state index contributed by atoms with van der Waals surface area (Å²) >= 11 is 6.35. The highest BCUT2D eigenvalue weighted by molar-refractivity contribution is 6.32. The summed E-state index contributed by atoms with van der Waals surface area (Å²) in [6, 6.07) is 24.5. The molecule has 3 aromatic carbocycles. The van der Waals surface area contributed by atoms with Crippen LogP contribution in [0, 0.1) is 6.92 Å². The molecule has 7 heteroatoms. The molecule has 0 saturated carbocycles. The summed E-state index contributed by atoms with van der Waals surface area (Å²) in [7, 11) is 1.77. The Morgan fingerprint density at radius 1 is 0.969 bits per heavy atom. The molecule has 0 aliphatic heterocycles. The molecule has 1 amide bonds. The van der Waals surface area contributed by atoms with Gasteiger partial charge >= 0.3 is 0 Å². The van der Waals surface area contributed by atoms with Crippen molar-refractivity contribution in [2.45, 2.75) is 6.92 Å². The molecule has 0 aliphatic rings. The normalized spacial score (nSPS) is 10.7. The zero-order valence-electron chi connectivity index (χ0n) is 17.7. The van der Waals surface area contributed by atoms with Gasteiger partial charge in [-0.1, -0.05) is 66.2 Å². The van der Waals surface area contributed by atoms with Crippen molar-refractivity contribution in [2.24, 2.45) is 7.05 Å². The van der Waals surface area contributed by atoms with Crippen LogP contribution in [-0.4, -0.2) is 21.9 Å². The molecule has 4 aromatic rings. The van der Waals surface area contributed by atoms with E-state index in [9.17, 15) is 9.59 Å². The Labute approximate surface area is 190 Å². The fraction of sp³-hybridized carbons (Fsp3) is 0.120. The van der Waals surface area contributed by atoms with Gasteiger partial charge in [0.15, 0.2) is 6.61 Å². The Balaban J connectivity index is 1.47. The van der Waals surface area contributed by atoms with Crippen LogP contribution in [0.3, 0.4) is 0 Å². The lowest BCUT2D eigenvalue weighted by molar-refractivity contribution is -0.118. The van der Waals surface area contributed by atoms with Gasteiger partial charge in [-0.25, -0.2) is 4.68 Å². The van der Waals surface area contributed by atoms with E-state index in [-0.39, 0.29) is 17.9 Å². The maximum Gasteiger partial charge on any atom is 0.295 e. The average molecular weight is 448 g/mol. The van der Waals surface area contributed by atoms with E-state index in [1.807, 2.05) is 66.7 Å². The van der Waals surface area contributed by atoms with Gasteiger partial charge in [0.25, 0.3) is 11.5 Å². The van der Waals surface area contributed by atoms with E-state index < -0.39 is 5.91 Å². The van der Waals surface area contributed by atoms with Gasteiger partial charge in [0.05, 0.1) is 16.4 Å². The van der Waals surface area contributed by atoms with E-state index >= 15 is 0 Å². The summed E-state index contributed by atoms with van der Waals surface area (Å²) in [6.07, 6.45) is 0. The van der Waals surface area contributed by atoms with E-state index in [0.29, 0.717) is 22.2 Å². The molecule has 0 unspecified atom stereocenters. The zero-order valence-corrected chi connectivity index (χ0v) is 18.5. The van der Waals surface area contributed by atoms with Gasteiger partial charge in [0, 0.05) is 7.05 Å². The molecule has 4 rings (SSSR count). The number of anilines is 1. The predicted molar refractivity (Wildman–Crippen MR) is 127 cm³/mol. The second-order valence-electron chi connectivity index (χ2n) is 7.28. The molecule has 0 spiro atoms. The lowest BCUT2D eigenvalue weighted by Crippen LogP contribution is -2.25. The molecule has 1 heterocycles. The van der Waals surface area contributed by atoms with Gasteiger partial charge < -0.3 is 10.1 Å². The first-order chi connectivity index (χ1) is 15.5. The van der Waals surface area contributed by atoms with Crippen LogP contribution in [-0.2, 0) is 11.8 Å². The number of carbonyl (C=O) groups is 1. The van der Waals surface area contributed by atoms with Crippen molar-refractivity contribution >= 4 is 23.2 Å². The van der Waals surface area contributed by atoms with Crippen molar-refractivity contribution in [1.29, 1.82) is 0 Å². The minimum atomic E-state index is -0.445. The first kappa shape index (κ1) is 21.5. The number of aromatic nitrogens is 2. The quantitative estimate of drug-likeness (QED) is 0.460. The average Bonchev–Trinajstić information content (AvgIpc) is 3.02. The van der Waals surface area contributed by atoms with Crippen molar-refractivity contribution < 1.29 is 9.53 Å². The number of nitrogens with zero attached hydrogens (tertiary/aromatic N) is 2. The van der Waals surface area contributed by atoms with E-state index in [1.165, 1.54) is 4.68 Å². The van der Waals surface area contributed by atoms with Crippen LogP contribution in [0.1, 0.15) is 5.69 Å². The largest absolute Gasteiger partial charge is 0.482 e. The molecule has 0 atom stereocenters. The summed E-state index contributed by atoms with van der Waals surface area (Å²) in [4.78, 5) is 25.4. The number of hydrogen-bond donors (Lipinski definition) is 1. The highest BCUT2D eigenvalue weighted by Crippen LogP contribution is 2.30. The van der Waals surface area contributed by atoms with Gasteiger partial charge in [0.2, 0.25) is 0 Å². The van der Waals surface area contributed by atoms with Crippen LogP contribution >= 0.6 is 11.6 Å². The molecule has 0 radical (unpaired) electrons. The number of hydrogen-bond acceptors (Lipinski definition) is 3. The van der Waals surface area contributed by atoms with Crippen LogP contribution in [0.5, 0.6) is 5.75 Å². The maximum absolute atomic E-state index is 12.9. The Kier molecular flexibility index (Phi) is 6.14. The van der Waals surface area contributed by atoms with Gasteiger partial charge in [-0.2, -0.15) is 0 Å². The Morgan fingerprint density at radius 3 is 2.28 bits per heavy atom. The zero-order chi connectivity index (χ0) is 22.7. The van der Waals surface area contributed by atoms with Crippen molar-refractivity contribution in [2.75, 3.05) is 11.9 Å². The second-order valence-corrected chi connectivity index (χ2v) is 7.69. The first-order valence-corrected chi connectivity index (χ1v) is 10.4. The number of halogens is 1. The predicted octanol–water partition coefficient (Wildman–Crippen LogP) is 4.82. The second kappa shape index (κ2) is 9.16. The van der Waals surface area contributed by atoms with Gasteiger partial charge in [-0.15, -0.1) is 0 Å². The van der Waals surface area contributed by atoms with Gasteiger partial charge in [-0.3, -0.25) is 14.3 Å². The number of benzene rings is 3. The van der Waals surface area contributed by atoms with Crippen LogP contribution in [0.4, 0.5) is 5.69 Å². The summed E-state index contributed by atoms with van der Waals surface area (Å²) in [5.74, 6) is -0.0489. The molecule has 1 N–H and O–H groups in total. The number of carbonyl (C=O) groups excluding carboxylic acids is 1. The Hall–Kier alpha value is -3.77. The van der Waals surface area contributed by atoms with E-state index in [1.54, 1.807) is 30.8 Å². The summed E-state index contributed by atoms with van der Waals surface area (Å²) in [6.45, 7) is 1.50. The number of rotatable bonds is 6. The standard InChI is InChI=1S/C25H22ClN3O3/c1-17-24(25(31)29(28(17)2)20-11-7-4-8-12-20)27-23(30)16-32-22-14-13-19(15-21(22)26)18-9-5-3-6-10-18/h3-15H,16H2,1-2H3,(H,27,30). The third-order valence-corrected chi connectivity index (χ3v) is 5.51. The number of nitrogens with one attached hydrogen (secondary N) is 1. The van der Waals surface area contributed by atoms with Crippen LogP contribution < -0.4 is 15.6 Å². The van der Waals surface area contributed by atoms with Gasteiger partial charge in [0.1, 0.15) is 11.4 Å². The minimum Gasteiger partial charge on any atom is -0.482 e. The third-order valence-electron chi connectivity index (χ3n) is 5.22. The highest BCUT2D eigenvalue weighted by atomic mass is 35.5. The van der Waals surface area contributed by atoms with E-state index in [2.05, 4.69) is 5.32 Å². The van der Waals surface area contributed by atoms with Crippen molar-refractivity contribution in [3.63, 3.8) is 0 Å². The molecule has 0 saturated heterocycles. The maximum atomic E-state index is 12.9. The van der Waals surface area contributed by atoms with Crippen molar-refractivity contribution in [3.05, 3.63) is 99.9 Å². The Morgan fingerprint density at radius 2 is 1.62 bits per heavy atom. The van der Waals surface area contributed by atoms with Crippen LogP contribution in [0.2, 0.25) is 5.02 Å². The van der Waals surface area contributed by atoms with Crippen molar-refractivity contribution in [1.82, 2.24) is 9.36 Å². The number of para-hydroxylation sites is 1. The molecular formula is C25H22ClN3O3. The SMILES string of the molecule is Cc1c(NC(=O)COc2ccc(-c3ccccc3)cc2Cl)c(=O)n(-c2ccccc2)n1C. The van der Waals surface area contributed by atoms with Crippen molar-refractivity contribution in [3.8, 4) is 22.6 Å². The molecule has 6 nitrogen and oxygen atoms in total. The number of ether oxygens (including phenoxy) is 1. The van der Waals surface area contributed by atoms with Gasteiger partial charge in [-0.05, 0) is 42.3 Å². The summed E-state index contributed by atoms with van der Waals surface area (Å²) in [5.41, 5.74) is 3.24. The molecule has 162 valence electrons. The molecule has 0 aliphatic carbocycles. The Bertz CT molecular complexity index is 1310. The molecule has 1 aromatic heterocycles. The summed E-state index contributed by atoms with van der Waals surface area (Å²) < 4.78 is 8.81. The van der Waals surface area contributed by atoms with Crippen LogP contribution in [0.15, 0.2) is 83.7 Å². The van der Waals surface area contributed by atoms with E-state index in [4.69, 9.17) is 16.3 Å². The first-order valence-electron chi connectivity index (χ1n) is 10.1. The fourth-order valence-corrected chi connectivity index (χ4v) is 3.69. The highest BCUT2D eigenvalue weighted by Gasteiger charge is 2.18. The summed E-state index contributed by atoms with van der Waals surface area (Å²) in [5, 5.41) is 3.08. The minimum absolute atomic E-state index is 0.218. The molecule has 32 heavy (non-hydrogen) atoms. The lowest BCUT2D eigenvalue weighted by Gasteiger charge is -2.10. The molecule has 0 fully saturated rings. The topological polar surface area (TPSA) is 65.3 Å². The number of amides is 1. The third kappa shape index (κ3) is 4.31. The van der Waals surface area contributed by atoms with E-state index in [0.717, 1.165) is 11.1 Å². The van der Waals surface area contributed by atoms with Crippen LogP contribution in [0.25, 0.3) is 16.8 Å². The smallest absolute Gasteiger partial charge is 0.295 e. The monoisotopic (exact) mass is 447 g/mol. The lowest BCUT2D eigenvalue weighted by atomic mass is 10.1. The molecule has 0 bridgehead atoms. The fourth-order valence-electron chi connectivity index (χ4n) is 3.46. The molecular weight excluding hydrogens is 426 g/mol.